The second kappa shape index (κ2) is 7.79. The zero-order valence-electron chi connectivity index (χ0n) is 12.8. The van der Waals surface area contributed by atoms with Crippen LogP contribution < -0.4 is 4.74 Å². The largest absolute Gasteiger partial charge is 0.496 e. The Hall–Kier alpha value is -2.33. The lowest BCUT2D eigenvalue weighted by molar-refractivity contribution is -0.137. The summed E-state index contributed by atoms with van der Waals surface area (Å²) >= 11 is 5.98. The van der Waals surface area contributed by atoms with Crippen molar-refractivity contribution in [3.05, 3.63) is 70.5 Å². The van der Waals surface area contributed by atoms with E-state index in [1.54, 1.807) is 37.3 Å². The number of carbonyl (C=O) groups is 1. The summed E-state index contributed by atoms with van der Waals surface area (Å²) in [4.78, 5) is 11.9. The Morgan fingerprint density at radius 2 is 2.04 bits per heavy atom. The fraction of sp³-hybridized carbons (Fsp3) is 0.167. The maximum Gasteiger partial charge on any atom is 0.331 e. The molecule has 2 aromatic rings. The maximum atomic E-state index is 13.6. The lowest BCUT2D eigenvalue weighted by Gasteiger charge is -2.13. The molecule has 0 atom stereocenters. The van der Waals surface area contributed by atoms with Crippen molar-refractivity contribution >= 4 is 23.1 Å². The van der Waals surface area contributed by atoms with Gasteiger partial charge in [-0.05, 0) is 48.4 Å². The quantitative estimate of drug-likeness (QED) is 0.597. The number of rotatable bonds is 5. The third-order valence-electron chi connectivity index (χ3n) is 3.14. The average Bonchev–Trinajstić information content (AvgIpc) is 2.53. The number of halogens is 2. The first-order valence-corrected chi connectivity index (χ1v) is 7.41. The zero-order valence-corrected chi connectivity index (χ0v) is 13.6. The SMILES string of the molecule is CCOC(=O)C=C(c1cccc(F)c1)c1ccc(Cl)cc1OC. The predicted octanol–water partition coefficient (Wildman–Crippen LogP) is 4.48. The van der Waals surface area contributed by atoms with Crippen molar-refractivity contribution in [2.75, 3.05) is 13.7 Å². The van der Waals surface area contributed by atoms with Gasteiger partial charge < -0.3 is 9.47 Å². The molecule has 120 valence electrons. The molecule has 3 nitrogen and oxygen atoms in total. The Morgan fingerprint density at radius 1 is 1.26 bits per heavy atom. The van der Waals surface area contributed by atoms with Crippen molar-refractivity contribution in [1.82, 2.24) is 0 Å². The molecule has 23 heavy (non-hydrogen) atoms. The van der Waals surface area contributed by atoms with Crippen molar-refractivity contribution in [3.8, 4) is 5.75 Å². The third kappa shape index (κ3) is 4.33. The first kappa shape index (κ1) is 17.0. The summed E-state index contributed by atoms with van der Waals surface area (Å²) in [5, 5.41) is 0.500. The molecule has 0 saturated heterocycles. The van der Waals surface area contributed by atoms with Gasteiger partial charge in [-0.15, -0.1) is 0 Å². The molecule has 0 unspecified atom stereocenters. The van der Waals surface area contributed by atoms with E-state index in [-0.39, 0.29) is 6.61 Å². The number of benzene rings is 2. The number of hydrogen-bond acceptors (Lipinski definition) is 3. The van der Waals surface area contributed by atoms with E-state index < -0.39 is 11.8 Å². The molecular weight excluding hydrogens is 319 g/mol. The van der Waals surface area contributed by atoms with Crippen LogP contribution in [-0.4, -0.2) is 19.7 Å². The Morgan fingerprint density at radius 3 is 2.70 bits per heavy atom. The van der Waals surface area contributed by atoms with E-state index in [1.165, 1.54) is 25.3 Å². The summed E-state index contributed by atoms with van der Waals surface area (Å²) < 4.78 is 23.9. The van der Waals surface area contributed by atoms with Crippen molar-refractivity contribution < 1.29 is 18.7 Å². The van der Waals surface area contributed by atoms with Gasteiger partial charge in [0.2, 0.25) is 0 Å². The van der Waals surface area contributed by atoms with Crippen LogP contribution in [0.3, 0.4) is 0 Å². The molecule has 0 aliphatic rings. The lowest BCUT2D eigenvalue weighted by Crippen LogP contribution is -2.03. The van der Waals surface area contributed by atoms with Gasteiger partial charge in [0.25, 0.3) is 0 Å². The summed E-state index contributed by atoms with van der Waals surface area (Å²) in [6, 6.07) is 11.0. The Kier molecular flexibility index (Phi) is 5.77. The number of carbonyl (C=O) groups excluding carboxylic acids is 1. The fourth-order valence-electron chi connectivity index (χ4n) is 2.16. The molecule has 2 rings (SSSR count). The van der Waals surface area contributed by atoms with Crippen LogP contribution in [0, 0.1) is 5.82 Å². The molecule has 5 heteroatoms. The number of ether oxygens (including phenoxy) is 2. The predicted molar refractivity (Wildman–Crippen MR) is 88.1 cm³/mol. The van der Waals surface area contributed by atoms with E-state index in [0.717, 1.165) is 0 Å². The van der Waals surface area contributed by atoms with Crippen LogP contribution in [0.2, 0.25) is 5.02 Å². The minimum absolute atomic E-state index is 0.253. The highest BCUT2D eigenvalue weighted by Gasteiger charge is 2.14. The summed E-state index contributed by atoms with van der Waals surface area (Å²) in [7, 11) is 1.50. The van der Waals surface area contributed by atoms with Gasteiger partial charge in [0, 0.05) is 16.7 Å². The lowest BCUT2D eigenvalue weighted by atomic mass is 9.96. The average molecular weight is 335 g/mol. The van der Waals surface area contributed by atoms with E-state index in [0.29, 0.717) is 27.5 Å². The van der Waals surface area contributed by atoms with Crippen molar-refractivity contribution in [1.29, 1.82) is 0 Å². The highest BCUT2D eigenvalue weighted by molar-refractivity contribution is 6.30. The standard InChI is InChI=1S/C18H16ClFO3/c1-3-23-18(21)11-16(12-5-4-6-14(20)9-12)15-8-7-13(19)10-17(15)22-2/h4-11H,3H2,1-2H3. The first-order chi connectivity index (χ1) is 11.0. The van der Waals surface area contributed by atoms with Crippen molar-refractivity contribution in [3.63, 3.8) is 0 Å². The number of hydrogen-bond donors (Lipinski definition) is 0. The van der Waals surface area contributed by atoms with Crippen LogP contribution in [0.15, 0.2) is 48.5 Å². The highest BCUT2D eigenvalue weighted by Crippen LogP contribution is 2.33. The van der Waals surface area contributed by atoms with Gasteiger partial charge in [-0.2, -0.15) is 0 Å². The van der Waals surface area contributed by atoms with Gasteiger partial charge in [0.1, 0.15) is 11.6 Å². The Labute approximate surface area is 139 Å². The van der Waals surface area contributed by atoms with E-state index >= 15 is 0 Å². The second-order valence-electron chi connectivity index (χ2n) is 4.67. The van der Waals surface area contributed by atoms with Gasteiger partial charge in [0.05, 0.1) is 13.7 Å². The van der Waals surface area contributed by atoms with Gasteiger partial charge in [-0.25, -0.2) is 9.18 Å². The topological polar surface area (TPSA) is 35.5 Å². The molecule has 0 aliphatic carbocycles. The number of esters is 1. The minimum Gasteiger partial charge on any atom is -0.496 e. The molecule has 0 radical (unpaired) electrons. The van der Waals surface area contributed by atoms with E-state index in [1.807, 2.05) is 0 Å². The van der Waals surface area contributed by atoms with Gasteiger partial charge in [-0.3, -0.25) is 0 Å². The Balaban J connectivity index is 2.61. The highest BCUT2D eigenvalue weighted by atomic mass is 35.5. The maximum absolute atomic E-state index is 13.6. The van der Waals surface area contributed by atoms with Crippen molar-refractivity contribution in [2.24, 2.45) is 0 Å². The van der Waals surface area contributed by atoms with Gasteiger partial charge in [0.15, 0.2) is 0 Å². The number of methoxy groups -OCH3 is 1. The summed E-state index contributed by atoms with van der Waals surface area (Å²) in [6.07, 6.45) is 1.32. The molecule has 0 amide bonds. The molecular formula is C18H16ClFO3. The second-order valence-corrected chi connectivity index (χ2v) is 5.10. The Bertz CT molecular complexity index is 741. The van der Waals surface area contributed by atoms with Crippen LogP contribution >= 0.6 is 11.6 Å². The first-order valence-electron chi connectivity index (χ1n) is 7.03. The molecule has 0 bridgehead atoms. The van der Waals surface area contributed by atoms with E-state index in [9.17, 15) is 9.18 Å². The molecule has 0 saturated carbocycles. The van der Waals surface area contributed by atoms with E-state index in [2.05, 4.69) is 0 Å². The molecule has 0 N–H and O–H groups in total. The summed E-state index contributed by atoms with van der Waals surface area (Å²) in [5.41, 5.74) is 1.66. The van der Waals surface area contributed by atoms with E-state index in [4.69, 9.17) is 21.1 Å². The molecule has 0 fully saturated rings. The van der Waals surface area contributed by atoms with Crippen molar-refractivity contribution in [2.45, 2.75) is 6.92 Å². The molecule has 0 aromatic heterocycles. The molecule has 0 heterocycles. The van der Waals surface area contributed by atoms with Crippen LogP contribution in [-0.2, 0) is 9.53 Å². The van der Waals surface area contributed by atoms with Crippen LogP contribution in [0.5, 0.6) is 5.75 Å². The summed E-state index contributed by atoms with van der Waals surface area (Å²) in [6.45, 7) is 1.97. The third-order valence-corrected chi connectivity index (χ3v) is 3.37. The van der Waals surface area contributed by atoms with Crippen LogP contribution in [0.1, 0.15) is 18.1 Å². The smallest absolute Gasteiger partial charge is 0.331 e. The van der Waals surface area contributed by atoms with Gasteiger partial charge in [-0.1, -0.05) is 23.7 Å². The molecule has 0 spiro atoms. The minimum atomic E-state index is -0.510. The molecule has 2 aromatic carbocycles. The monoisotopic (exact) mass is 334 g/mol. The van der Waals surface area contributed by atoms with Crippen LogP contribution in [0.4, 0.5) is 4.39 Å². The fourth-order valence-corrected chi connectivity index (χ4v) is 2.32. The van der Waals surface area contributed by atoms with Crippen LogP contribution in [0.25, 0.3) is 5.57 Å². The summed E-state index contributed by atoms with van der Waals surface area (Å²) in [5.74, 6) is -0.425. The molecule has 0 aliphatic heterocycles. The van der Waals surface area contributed by atoms with Gasteiger partial charge >= 0.3 is 5.97 Å². The normalized spacial score (nSPS) is 11.2. The zero-order chi connectivity index (χ0) is 16.8.